The van der Waals surface area contributed by atoms with Crippen LogP contribution in [0.5, 0.6) is 0 Å². The summed E-state index contributed by atoms with van der Waals surface area (Å²) in [7, 11) is 0. The van der Waals surface area contributed by atoms with Gasteiger partial charge in [-0.3, -0.25) is 4.98 Å². The third kappa shape index (κ3) is 3.85. The number of rotatable bonds is 6. The Kier molecular flexibility index (Phi) is 5.05. The van der Waals surface area contributed by atoms with Gasteiger partial charge in [-0.05, 0) is 44.9 Å². The van der Waals surface area contributed by atoms with Crippen LogP contribution in [0.1, 0.15) is 40.5 Å². The summed E-state index contributed by atoms with van der Waals surface area (Å²) in [5.41, 5.74) is 2.42. The van der Waals surface area contributed by atoms with Crippen molar-refractivity contribution in [2.45, 2.75) is 39.7 Å². The van der Waals surface area contributed by atoms with Crippen molar-refractivity contribution in [3.8, 4) is 0 Å². The molecule has 0 radical (unpaired) electrons. The van der Waals surface area contributed by atoms with Crippen molar-refractivity contribution in [3.63, 3.8) is 0 Å². The molecule has 0 aromatic carbocycles. The van der Waals surface area contributed by atoms with Crippen LogP contribution < -0.4 is 5.32 Å². The summed E-state index contributed by atoms with van der Waals surface area (Å²) in [6.45, 7) is 7.39. The van der Waals surface area contributed by atoms with Crippen molar-refractivity contribution in [3.05, 3.63) is 45.7 Å². The molecule has 0 aliphatic heterocycles. The average Bonchev–Trinajstić information content (AvgIpc) is 2.75. The van der Waals surface area contributed by atoms with E-state index in [4.69, 9.17) is 0 Å². The molecule has 1 unspecified atom stereocenters. The fourth-order valence-electron chi connectivity index (χ4n) is 2.20. The summed E-state index contributed by atoms with van der Waals surface area (Å²) in [6, 6.07) is 4.48. The van der Waals surface area contributed by atoms with Gasteiger partial charge in [-0.25, -0.2) is 4.98 Å². The van der Waals surface area contributed by atoms with Crippen molar-refractivity contribution >= 4 is 11.3 Å². The summed E-state index contributed by atoms with van der Waals surface area (Å²) >= 11 is 1.80. The lowest BCUT2D eigenvalue weighted by Crippen LogP contribution is -2.24. The van der Waals surface area contributed by atoms with Crippen LogP contribution in [0.4, 0.5) is 0 Å². The van der Waals surface area contributed by atoms with E-state index in [0.717, 1.165) is 30.1 Å². The van der Waals surface area contributed by atoms with Gasteiger partial charge in [0.1, 0.15) is 0 Å². The second-order valence-corrected chi connectivity index (χ2v) is 5.99. The first kappa shape index (κ1) is 14.2. The number of hydrogen-bond donors (Lipinski definition) is 1. The molecule has 0 bridgehead atoms. The summed E-state index contributed by atoms with van der Waals surface area (Å²) < 4.78 is 0. The minimum Gasteiger partial charge on any atom is -0.309 e. The van der Waals surface area contributed by atoms with Crippen LogP contribution >= 0.6 is 11.3 Å². The van der Waals surface area contributed by atoms with Gasteiger partial charge in [0.15, 0.2) is 0 Å². The lowest BCUT2D eigenvalue weighted by Gasteiger charge is -2.17. The van der Waals surface area contributed by atoms with E-state index in [1.54, 1.807) is 11.3 Å². The lowest BCUT2D eigenvalue weighted by molar-refractivity contribution is 0.533. The Morgan fingerprint density at radius 2 is 2.21 bits per heavy atom. The van der Waals surface area contributed by atoms with Crippen LogP contribution in [0.2, 0.25) is 0 Å². The molecule has 4 heteroatoms. The zero-order valence-corrected chi connectivity index (χ0v) is 12.6. The molecule has 0 aliphatic carbocycles. The molecular formula is C15H21N3S. The molecule has 3 nitrogen and oxygen atoms in total. The predicted molar refractivity (Wildman–Crippen MR) is 80.6 cm³/mol. The van der Waals surface area contributed by atoms with Crippen LogP contribution in [0.25, 0.3) is 0 Å². The molecular weight excluding hydrogens is 254 g/mol. The number of aromatic nitrogens is 2. The smallest absolute Gasteiger partial charge is 0.0900 e. The van der Waals surface area contributed by atoms with E-state index in [9.17, 15) is 0 Å². The minimum atomic E-state index is 0.343. The second kappa shape index (κ2) is 6.78. The molecule has 1 atom stereocenters. The van der Waals surface area contributed by atoms with E-state index < -0.39 is 0 Å². The first-order valence-corrected chi connectivity index (χ1v) is 7.58. The Morgan fingerprint density at radius 3 is 2.79 bits per heavy atom. The average molecular weight is 275 g/mol. The number of pyridine rings is 1. The number of aryl methyl sites for hydroxylation is 2. The van der Waals surface area contributed by atoms with Crippen molar-refractivity contribution in [2.24, 2.45) is 0 Å². The maximum absolute atomic E-state index is 4.54. The summed E-state index contributed by atoms with van der Waals surface area (Å²) in [5, 5.41) is 4.77. The van der Waals surface area contributed by atoms with E-state index in [-0.39, 0.29) is 0 Å². The van der Waals surface area contributed by atoms with Gasteiger partial charge in [0.2, 0.25) is 0 Å². The van der Waals surface area contributed by atoms with Gasteiger partial charge in [-0.1, -0.05) is 13.0 Å². The van der Waals surface area contributed by atoms with Crippen molar-refractivity contribution in [2.75, 3.05) is 6.54 Å². The number of nitrogens with one attached hydrogen (secondary N) is 1. The van der Waals surface area contributed by atoms with Crippen LogP contribution in [0.3, 0.4) is 0 Å². The fourth-order valence-corrected chi connectivity index (χ4v) is 3.20. The van der Waals surface area contributed by atoms with Gasteiger partial charge in [0.25, 0.3) is 0 Å². The van der Waals surface area contributed by atoms with Crippen molar-refractivity contribution in [1.82, 2.24) is 15.3 Å². The van der Waals surface area contributed by atoms with Gasteiger partial charge in [-0.2, -0.15) is 0 Å². The normalized spacial score (nSPS) is 12.6. The molecule has 2 aromatic rings. The Morgan fingerprint density at radius 1 is 1.37 bits per heavy atom. The quantitative estimate of drug-likeness (QED) is 0.877. The Labute approximate surface area is 119 Å². The molecule has 0 saturated heterocycles. The molecule has 19 heavy (non-hydrogen) atoms. The van der Waals surface area contributed by atoms with E-state index in [0.29, 0.717) is 6.04 Å². The Bertz CT molecular complexity index is 507. The van der Waals surface area contributed by atoms with Crippen molar-refractivity contribution < 1.29 is 0 Å². The maximum atomic E-state index is 4.54. The SMILES string of the molecule is CCCNC(Cc1cccnc1)c1sc(C)nc1C. The molecule has 1 N–H and O–H groups in total. The highest BCUT2D eigenvalue weighted by atomic mass is 32.1. The molecule has 102 valence electrons. The topological polar surface area (TPSA) is 37.8 Å². The zero-order valence-electron chi connectivity index (χ0n) is 11.8. The van der Waals surface area contributed by atoms with E-state index in [2.05, 4.69) is 42.1 Å². The van der Waals surface area contributed by atoms with Crippen LogP contribution in [0, 0.1) is 13.8 Å². The van der Waals surface area contributed by atoms with Gasteiger partial charge in [0.05, 0.1) is 10.7 Å². The molecule has 0 aliphatic rings. The monoisotopic (exact) mass is 275 g/mol. The maximum Gasteiger partial charge on any atom is 0.0900 e. The Hall–Kier alpha value is -1.26. The van der Waals surface area contributed by atoms with Crippen molar-refractivity contribution in [1.29, 1.82) is 0 Å². The largest absolute Gasteiger partial charge is 0.309 e. The van der Waals surface area contributed by atoms with Crippen LogP contribution in [-0.2, 0) is 6.42 Å². The third-order valence-corrected chi connectivity index (χ3v) is 4.25. The highest BCUT2D eigenvalue weighted by molar-refractivity contribution is 7.11. The minimum absolute atomic E-state index is 0.343. The molecule has 2 heterocycles. The first-order chi connectivity index (χ1) is 9.20. The molecule has 0 saturated carbocycles. The second-order valence-electron chi connectivity index (χ2n) is 4.75. The van der Waals surface area contributed by atoms with Crippen LogP contribution in [-0.4, -0.2) is 16.5 Å². The lowest BCUT2D eigenvalue weighted by atomic mass is 10.1. The number of nitrogens with zero attached hydrogens (tertiary/aromatic N) is 2. The van der Waals surface area contributed by atoms with Gasteiger partial charge in [-0.15, -0.1) is 11.3 Å². The molecule has 0 fully saturated rings. The molecule has 2 aromatic heterocycles. The van der Waals surface area contributed by atoms with Gasteiger partial charge in [0, 0.05) is 23.3 Å². The van der Waals surface area contributed by atoms with Crippen LogP contribution in [0.15, 0.2) is 24.5 Å². The Balaban J connectivity index is 2.18. The fraction of sp³-hybridized carbons (Fsp3) is 0.467. The van der Waals surface area contributed by atoms with E-state index in [1.165, 1.54) is 10.4 Å². The number of thiazole rings is 1. The summed E-state index contributed by atoms with van der Waals surface area (Å²) in [5.74, 6) is 0. The van der Waals surface area contributed by atoms with E-state index >= 15 is 0 Å². The summed E-state index contributed by atoms with van der Waals surface area (Å²) in [6.07, 6.45) is 5.88. The van der Waals surface area contributed by atoms with Gasteiger partial charge < -0.3 is 5.32 Å². The van der Waals surface area contributed by atoms with E-state index in [1.807, 2.05) is 18.5 Å². The highest BCUT2D eigenvalue weighted by Gasteiger charge is 2.17. The predicted octanol–water partition coefficient (Wildman–Crippen LogP) is 3.44. The standard InChI is InChI=1S/C15H21N3S/c1-4-7-17-14(9-13-6-5-8-16-10-13)15-11(2)18-12(3)19-15/h5-6,8,10,14,17H,4,7,9H2,1-3H3. The third-order valence-electron chi connectivity index (χ3n) is 3.06. The first-order valence-electron chi connectivity index (χ1n) is 6.77. The molecule has 2 rings (SSSR count). The molecule has 0 amide bonds. The zero-order chi connectivity index (χ0) is 13.7. The summed E-state index contributed by atoms with van der Waals surface area (Å²) in [4.78, 5) is 10.1. The molecule has 0 spiro atoms. The number of hydrogen-bond acceptors (Lipinski definition) is 4. The highest BCUT2D eigenvalue weighted by Crippen LogP contribution is 2.27. The van der Waals surface area contributed by atoms with Gasteiger partial charge >= 0.3 is 0 Å².